The molecule has 1 N–H and O–H groups in total. The molecule has 0 radical (unpaired) electrons. The Hall–Kier alpha value is -1.38. The normalized spacial score (nSPS) is 14.5. The Kier molecular flexibility index (Phi) is 1.79. The van der Waals surface area contributed by atoms with Crippen LogP contribution in [-0.2, 0) is 11.2 Å². The molecule has 2 rings (SSSR count). The lowest BCUT2D eigenvalue weighted by Gasteiger charge is -2.09. The largest absolute Gasteiger partial charge is 0.324 e. The predicted octanol–water partition coefficient (Wildman–Crippen LogP) is 1.70. The fraction of sp³-hybridized carbons (Fsp3) is 0.400. The van der Waals surface area contributed by atoms with Gasteiger partial charge >= 0.3 is 0 Å². The monoisotopic (exact) mass is 176 g/mol. The van der Waals surface area contributed by atoms with Gasteiger partial charge in [0.1, 0.15) is 0 Å². The molecule has 2 heterocycles. The highest BCUT2D eigenvalue weighted by atomic mass is 16.1. The highest BCUT2D eigenvalue weighted by Crippen LogP contribution is 2.29. The minimum atomic E-state index is 0.0515. The van der Waals surface area contributed by atoms with Crippen LogP contribution in [0.5, 0.6) is 0 Å². The van der Waals surface area contributed by atoms with Gasteiger partial charge in [-0.15, -0.1) is 0 Å². The van der Waals surface area contributed by atoms with Gasteiger partial charge in [-0.05, 0) is 17.5 Å². The summed E-state index contributed by atoms with van der Waals surface area (Å²) in [6.07, 6.45) is 2.20. The summed E-state index contributed by atoms with van der Waals surface area (Å²) in [5, 5.41) is 2.85. The van der Waals surface area contributed by atoms with Gasteiger partial charge in [0.05, 0.1) is 17.8 Å². The number of pyridine rings is 1. The number of rotatable bonds is 1. The number of carbonyl (C=O) groups excluding carboxylic acids is 1. The molecule has 0 spiro atoms. The van der Waals surface area contributed by atoms with E-state index >= 15 is 0 Å². The Morgan fingerprint density at radius 2 is 2.31 bits per heavy atom. The van der Waals surface area contributed by atoms with Gasteiger partial charge in [-0.25, -0.2) is 0 Å². The summed E-state index contributed by atoms with van der Waals surface area (Å²) in [6, 6.07) is 1.97. The number of fused-ring (bicyclic) bond motifs is 1. The second kappa shape index (κ2) is 2.83. The van der Waals surface area contributed by atoms with Crippen molar-refractivity contribution >= 4 is 11.6 Å². The lowest BCUT2D eigenvalue weighted by molar-refractivity contribution is -0.115. The SMILES string of the molecule is CC(C)c1ccnc2c1NC(=O)C2. The van der Waals surface area contributed by atoms with E-state index in [0.29, 0.717) is 12.3 Å². The molecule has 0 fully saturated rings. The van der Waals surface area contributed by atoms with Crippen molar-refractivity contribution in [1.29, 1.82) is 0 Å². The van der Waals surface area contributed by atoms with Crippen LogP contribution in [0, 0.1) is 0 Å². The van der Waals surface area contributed by atoms with Gasteiger partial charge in [0.2, 0.25) is 5.91 Å². The molecule has 1 aromatic heterocycles. The van der Waals surface area contributed by atoms with Crippen molar-refractivity contribution in [2.45, 2.75) is 26.2 Å². The standard InChI is InChI=1S/C10H12N2O/c1-6(2)7-3-4-11-8-5-9(13)12-10(7)8/h3-4,6H,5H2,1-2H3,(H,12,13). The van der Waals surface area contributed by atoms with E-state index in [-0.39, 0.29) is 5.91 Å². The number of hydrogen-bond acceptors (Lipinski definition) is 2. The summed E-state index contributed by atoms with van der Waals surface area (Å²) in [6.45, 7) is 4.22. The lowest BCUT2D eigenvalue weighted by atomic mass is 10.0. The summed E-state index contributed by atoms with van der Waals surface area (Å²) in [5.41, 5.74) is 2.99. The number of hydrogen-bond donors (Lipinski definition) is 1. The zero-order valence-electron chi connectivity index (χ0n) is 7.79. The molecule has 3 nitrogen and oxygen atoms in total. The van der Waals surface area contributed by atoms with Crippen molar-refractivity contribution in [1.82, 2.24) is 4.98 Å². The number of nitrogens with zero attached hydrogens (tertiary/aromatic N) is 1. The zero-order valence-corrected chi connectivity index (χ0v) is 7.79. The molecule has 0 saturated carbocycles. The highest BCUT2D eigenvalue weighted by molar-refractivity contribution is 5.99. The molecule has 0 aromatic carbocycles. The van der Waals surface area contributed by atoms with Crippen LogP contribution in [0.25, 0.3) is 0 Å². The molecular formula is C10H12N2O. The molecule has 13 heavy (non-hydrogen) atoms. The molecule has 0 bridgehead atoms. The maximum Gasteiger partial charge on any atom is 0.230 e. The first-order chi connectivity index (χ1) is 6.18. The summed E-state index contributed by atoms with van der Waals surface area (Å²) in [7, 11) is 0. The number of carbonyl (C=O) groups is 1. The molecular weight excluding hydrogens is 164 g/mol. The first kappa shape index (κ1) is 8.23. The van der Waals surface area contributed by atoms with Crippen molar-refractivity contribution in [3.63, 3.8) is 0 Å². The van der Waals surface area contributed by atoms with E-state index in [1.165, 1.54) is 5.56 Å². The fourth-order valence-corrected chi connectivity index (χ4v) is 1.62. The van der Waals surface area contributed by atoms with E-state index in [0.717, 1.165) is 11.4 Å². The van der Waals surface area contributed by atoms with Crippen molar-refractivity contribution in [3.8, 4) is 0 Å². The van der Waals surface area contributed by atoms with E-state index in [1.807, 2.05) is 6.07 Å². The first-order valence-electron chi connectivity index (χ1n) is 4.46. The van der Waals surface area contributed by atoms with E-state index < -0.39 is 0 Å². The van der Waals surface area contributed by atoms with Crippen molar-refractivity contribution in [2.75, 3.05) is 5.32 Å². The summed E-state index contributed by atoms with van der Waals surface area (Å²) in [5.74, 6) is 0.478. The molecule has 1 aromatic rings. The van der Waals surface area contributed by atoms with Crippen molar-refractivity contribution in [3.05, 3.63) is 23.5 Å². The second-order valence-corrected chi connectivity index (χ2v) is 3.60. The van der Waals surface area contributed by atoms with Gasteiger partial charge in [-0.2, -0.15) is 0 Å². The predicted molar refractivity (Wildman–Crippen MR) is 50.7 cm³/mol. The Morgan fingerprint density at radius 3 is 3.00 bits per heavy atom. The third kappa shape index (κ3) is 1.30. The molecule has 0 aliphatic carbocycles. The maximum absolute atomic E-state index is 11.1. The molecule has 0 atom stereocenters. The summed E-state index contributed by atoms with van der Waals surface area (Å²) >= 11 is 0. The Bertz CT molecular complexity index is 358. The first-order valence-corrected chi connectivity index (χ1v) is 4.46. The Morgan fingerprint density at radius 1 is 1.54 bits per heavy atom. The smallest absolute Gasteiger partial charge is 0.230 e. The number of anilines is 1. The van der Waals surface area contributed by atoms with Gasteiger partial charge in [0, 0.05) is 6.20 Å². The van der Waals surface area contributed by atoms with Crippen LogP contribution in [0.2, 0.25) is 0 Å². The van der Waals surface area contributed by atoms with Crippen LogP contribution in [0.1, 0.15) is 31.0 Å². The van der Waals surface area contributed by atoms with E-state index in [2.05, 4.69) is 24.1 Å². The number of nitrogens with one attached hydrogen (secondary N) is 1. The van der Waals surface area contributed by atoms with Crippen LogP contribution in [0.3, 0.4) is 0 Å². The Balaban J connectivity index is 2.51. The van der Waals surface area contributed by atoms with Gasteiger partial charge in [-0.1, -0.05) is 13.8 Å². The Labute approximate surface area is 77.2 Å². The molecule has 1 amide bonds. The average Bonchev–Trinajstić information content (AvgIpc) is 2.43. The minimum absolute atomic E-state index is 0.0515. The third-order valence-electron chi connectivity index (χ3n) is 2.28. The van der Waals surface area contributed by atoms with Crippen molar-refractivity contribution < 1.29 is 4.79 Å². The van der Waals surface area contributed by atoms with Crippen LogP contribution in [-0.4, -0.2) is 10.9 Å². The van der Waals surface area contributed by atoms with Crippen LogP contribution in [0.4, 0.5) is 5.69 Å². The lowest BCUT2D eigenvalue weighted by Crippen LogP contribution is -2.05. The molecule has 0 saturated heterocycles. The zero-order chi connectivity index (χ0) is 9.42. The highest BCUT2D eigenvalue weighted by Gasteiger charge is 2.22. The van der Waals surface area contributed by atoms with E-state index in [1.54, 1.807) is 6.20 Å². The van der Waals surface area contributed by atoms with Crippen LogP contribution < -0.4 is 5.32 Å². The van der Waals surface area contributed by atoms with Gasteiger partial charge in [0.25, 0.3) is 0 Å². The third-order valence-corrected chi connectivity index (χ3v) is 2.28. The van der Waals surface area contributed by atoms with Crippen molar-refractivity contribution in [2.24, 2.45) is 0 Å². The maximum atomic E-state index is 11.1. The molecule has 68 valence electrons. The van der Waals surface area contributed by atoms with E-state index in [4.69, 9.17) is 0 Å². The van der Waals surface area contributed by atoms with Crippen LogP contribution in [0.15, 0.2) is 12.3 Å². The molecule has 1 aliphatic heterocycles. The second-order valence-electron chi connectivity index (χ2n) is 3.60. The fourth-order valence-electron chi connectivity index (χ4n) is 1.62. The summed E-state index contributed by atoms with van der Waals surface area (Å²) < 4.78 is 0. The van der Waals surface area contributed by atoms with Crippen LogP contribution >= 0.6 is 0 Å². The minimum Gasteiger partial charge on any atom is -0.324 e. The summed E-state index contributed by atoms with van der Waals surface area (Å²) in [4.78, 5) is 15.3. The van der Waals surface area contributed by atoms with Gasteiger partial charge in [-0.3, -0.25) is 9.78 Å². The van der Waals surface area contributed by atoms with E-state index in [9.17, 15) is 4.79 Å². The molecule has 0 unspecified atom stereocenters. The van der Waals surface area contributed by atoms with Gasteiger partial charge in [0.15, 0.2) is 0 Å². The quantitative estimate of drug-likeness (QED) is 0.707. The van der Waals surface area contributed by atoms with Gasteiger partial charge < -0.3 is 5.32 Å². The average molecular weight is 176 g/mol. The number of aromatic nitrogens is 1. The number of amides is 1. The molecule has 1 aliphatic rings. The molecule has 3 heteroatoms. The topological polar surface area (TPSA) is 42.0 Å².